The monoisotopic (exact) mass is 476 g/mol. The average molecular weight is 475 g/mol. The van der Waals surface area contributed by atoms with Crippen LogP contribution in [-0.2, 0) is 9.16 Å². The molecule has 1 aliphatic carbocycles. The molecule has 2 nitrogen and oxygen atoms in total. The summed E-state index contributed by atoms with van der Waals surface area (Å²) in [5.41, 5.74) is 0. The Labute approximate surface area is 163 Å². The van der Waals surface area contributed by atoms with Crippen LogP contribution in [0.5, 0.6) is 0 Å². The van der Waals surface area contributed by atoms with E-state index in [-0.39, 0.29) is 3.62 Å². The van der Waals surface area contributed by atoms with Gasteiger partial charge in [0.05, 0.1) is 0 Å². The third kappa shape index (κ3) is 6.56. The van der Waals surface area contributed by atoms with Gasteiger partial charge in [0.25, 0.3) is 0 Å². The van der Waals surface area contributed by atoms with Gasteiger partial charge in [0.2, 0.25) is 0 Å². The molecule has 1 atom stereocenters. The molecule has 0 saturated carbocycles. The van der Waals surface area contributed by atoms with E-state index in [0.29, 0.717) is 0 Å². The predicted molar refractivity (Wildman–Crippen MR) is 116 cm³/mol. The topological polar surface area (TPSA) is 18.5 Å². The summed E-state index contributed by atoms with van der Waals surface area (Å²) in [6.07, 6.45) is 11.7. The predicted octanol–water partition coefficient (Wildman–Crippen LogP) is 7.29. The molecule has 1 unspecified atom stereocenters. The van der Waals surface area contributed by atoms with Crippen molar-refractivity contribution in [3.8, 4) is 0 Å². The molecule has 0 fully saturated rings. The summed E-state index contributed by atoms with van der Waals surface area (Å²) in [5, 5.41) is 0. The van der Waals surface area contributed by atoms with Gasteiger partial charge in [-0.25, -0.2) is 0 Å². The summed E-state index contributed by atoms with van der Waals surface area (Å²) in [7, 11) is -1.51. The van der Waals surface area contributed by atoms with Gasteiger partial charge in [-0.1, -0.05) is 0 Å². The Balaban J connectivity index is 3.15. The van der Waals surface area contributed by atoms with Gasteiger partial charge in [0.15, 0.2) is 0 Å². The van der Waals surface area contributed by atoms with Gasteiger partial charge < -0.3 is 0 Å². The van der Waals surface area contributed by atoms with Gasteiger partial charge >= 0.3 is 164 Å². The first kappa shape index (κ1) is 23.6. The van der Waals surface area contributed by atoms with Crippen LogP contribution in [0.25, 0.3) is 0 Å². The van der Waals surface area contributed by atoms with Crippen molar-refractivity contribution in [3.63, 3.8) is 0 Å². The summed E-state index contributed by atoms with van der Waals surface area (Å²) in [4.78, 5) is 0. The SMILES string of the molecule is CCC[CH2][Sn]([CH2]CCC)([CH2]CCC)[C]1(OCC)C=C(O[Si](C)(C)C)C1. The van der Waals surface area contributed by atoms with Crippen molar-refractivity contribution in [1.29, 1.82) is 0 Å². The summed E-state index contributed by atoms with van der Waals surface area (Å²) in [6.45, 7) is 16.9. The molecule has 1 rings (SSSR count). The van der Waals surface area contributed by atoms with E-state index in [0.717, 1.165) is 13.0 Å². The molecule has 0 bridgehead atoms. The van der Waals surface area contributed by atoms with E-state index in [1.54, 1.807) is 0 Å². The van der Waals surface area contributed by atoms with Crippen molar-refractivity contribution < 1.29 is 9.16 Å². The molecule has 0 spiro atoms. The van der Waals surface area contributed by atoms with Gasteiger partial charge in [0.1, 0.15) is 0 Å². The van der Waals surface area contributed by atoms with Crippen LogP contribution in [-0.4, -0.2) is 36.9 Å². The van der Waals surface area contributed by atoms with Crippen LogP contribution >= 0.6 is 0 Å². The quantitative estimate of drug-likeness (QED) is 0.246. The molecule has 148 valence electrons. The molecule has 4 heteroatoms. The van der Waals surface area contributed by atoms with Crippen molar-refractivity contribution in [2.24, 2.45) is 0 Å². The minimum atomic E-state index is -2.46. The van der Waals surface area contributed by atoms with Crippen LogP contribution in [0.3, 0.4) is 0 Å². The molecule has 25 heavy (non-hydrogen) atoms. The zero-order chi connectivity index (χ0) is 19.0. The van der Waals surface area contributed by atoms with Crippen LogP contribution in [0.15, 0.2) is 11.8 Å². The number of ether oxygens (including phenoxy) is 1. The molecule has 0 aliphatic heterocycles. The Morgan fingerprint density at radius 1 is 0.920 bits per heavy atom. The van der Waals surface area contributed by atoms with E-state index >= 15 is 0 Å². The molecule has 0 radical (unpaired) electrons. The molecule has 0 saturated heterocycles. The fourth-order valence-electron chi connectivity index (χ4n) is 4.35. The number of rotatable bonds is 14. The molecular formula is C21H44O2SiSn. The van der Waals surface area contributed by atoms with Gasteiger partial charge in [0, 0.05) is 0 Å². The fourth-order valence-corrected chi connectivity index (χ4v) is 24.0. The third-order valence-corrected chi connectivity index (χ3v) is 24.1. The van der Waals surface area contributed by atoms with E-state index in [1.165, 1.54) is 57.6 Å². The normalized spacial score (nSPS) is 21.0. The van der Waals surface area contributed by atoms with Crippen LogP contribution in [0, 0.1) is 0 Å². The first-order valence-corrected chi connectivity index (χ1v) is 21.7. The van der Waals surface area contributed by atoms with Gasteiger partial charge in [-0.2, -0.15) is 0 Å². The Hall–Kier alpha value is 0.516. The molecule has 0 aromatic carbocycles. The Bertz CT molecular complexity index is 395. The van der Waals surface area contributed by atoms with Gasteiger partial charge in [-0.15, -0.1) is 0 Å². The van der Waals surface area contributed by atoms with Gasteiger partial charge in [-0.05, 0) is 0 Å². The van der Waals surface area contributed by atoms with Crippen molar-refractivity contribution in [1.82, 2.24) is 0 Å². The number of unbranched alkanes of at least 4 members (excludes halogenated alkanes) is 3. The summed E-state index contributed by atoms with van der Waals surface area (Å²) >= 11 is -2.46. The van der Waals surface area contributed by atoms with Crippen LogP contribution in [0.4, 0.5) is 0 Å². The standard InChI is InChI=1S/C9H17O2Si.3C4H9.Sn/c1-5-10-8-6-9(7-8)11-12(2,3)4;3*1-3-4-2;/h6H,5,7H2,1-4H3;3*1,3-4H2,2H3;. The van der Waals surface area contributed by atoms with Crippen LogP contribution < -0.4 is 0 Å². The van der Waals surface area contributed by atoms with E-state index in [2.05, 4.69) is 53.4 Å². The first-order chi connectivity index (χ1) is 11.8. The van der Waals surface area contributed by atoms with Crippen molar-refractivity contribution in [2.75, 3.05) is 6.61 Å². The Morgan fingerprint density at radius 2 is 1.36 bits per heavy atom. The van der Waals surface area contributed by atoms with Crippen molar-refractivity contribution in [3.05, 3.63) is 11.8 Å². The first-order valence-electron chi connectivity index (χ1n) is 10.8. The average Bonchev–Trinajstić information content (AvgIpc) is 2.51. The summed E-state index contributed by atoms with van der Waals surface area (Å²) in [6, 6.07) is 0. The maximum atomic E-state index is 6.62. The van der Waals surface area contributed by atoms with E-state index in [1.807, 2.05) is 0 Å². The van der Waals surface area contributed by atoms with E-state index < -0.39 is 26.7 Å². The van der Waals surface area contributed by atoms with E-state index in [9.17, 15) is 0 Å². The maximum absolute atomic E-state index is 6.62. The summed E-state index contributed by atoms with van der Waals surface area (Å²) in [5.74, 6) is 1.25. The molecule has 0 aromatic heterocycles. The Morgan fingerprint density at radius 3 is 1.68 bits per heavy atom. The molecule has 0 amide bonds. The summed E-state index contributed by atoms with van der Waals surface area (Å²) < 4.78 is 17.6. The molecule has 1 aliphatic rings. The fraction of sp³-hybridized carbons (Fsp3) is 0.905. The number of hydrogen-bond donors (Lipinski definition) is 0. The minimum absolute atomic E-state index is 0.123. The van der Waals surface area contributed by atoms with Crippen molar-refractivity contribution >= 4 is 26.7 Å². The zero-order valence-corrected chi connectivity index (χ0v) is 22.0. The zero-order valence-electron chi connectivity index (χ0n) is 18.2. The molecule has 0 aromatic rings. The molecule has 0 N–H and O–H groups in total. The molecule has 0 heterocycles. The second-order valence-corrected chi connectivity index (χ2v) is 27.3. The van der Waals surface area contributed by atoms with Crippen LogP contribution in [0.2, 0.25) is 33.0 Å². The Kier molecular flexibility index (Phi) is 10.1. The number of hydrogen-bond acceptors (Lipinski definition) is 2. The van der Waals surface area contributed by atoms with E-state index in [4.69, 9.17) is 9.16 Å². The van der Waals surface area contributed by atoms with Gasteiger partial charge in [-0.3, -0.25) is 0 Å². The van der Waals surface area contributed by atoms with Crippen LogP contribution in [0.1, 0.15) is 72.6 Å². The molecular weight excluding hydrogens is 431 g/mol. The second-order valence-electron chi connectivity index (χ2n) is 8.92. The van der Waals surface area contributed by atoms with Crippen molar-refractivity contribution in [2.45, 2.75) is 109 Å². The third-order valence-electron chi connectivity index (χ3n) is 5.59. The second kappa shape index (κ2) is 10.7.